The summed E-state index contributed by atoms with van der Waals surface area (Å²) in [6.07, 6.45) is 12.9. The number of aliphatic hydroxyl groups is 1. The molecule has 0 spiro atoms. The van der Waals surface area contributed by atoms with Crippen LogP contribution in [0.5, 0.6) is 0 Å². The van der Waals surface area contributed by atoms with Crippen LogP contribution in [0, 0.1) is 5.92 Å². The Hall–Kier alpha value is 0.740. The van der Waals surface area contributed by atoms with Crippen molar-refractivity contribution in [3.63, 3.8) is 0 Å². The molecule has 0 rings (SSSR count). The van der Waals surface area contributed by atoms with Crippen molar-refractivity contribution in [2.75, 3.05) is 36.6 Å². The van der Waals surface area contributed by atoms with Gasteiger partial charge in [-0.1, -0.05) is 46.5 Å². The van der Waals surface area contributed by atoms with E-state index in [1.165, 1.54) is 62.8 Å². The van der Waals surface area contributed by atoms with E-state index >= 15 is 0 Å². The highest BCUT2D eigenvalue weighted by atomic mass is 32.2. The first-order valence-electron chi connectivity index (χ1n) is 8.15. The zero-order chi connectivity index (χ0) is 14.3. The van der Waals surface area contributed by atoms with Gasteiger partial charge in [0.1, 0.15) is 0 Å². The first kappa shape index (κ1) is 19.7. The smallest absolute Gasteiger partial charge is 0.0464 e. The van der Waals surface area contributed by atoms with Crippen LogP contribution in [-0.4, -0.2) is 41.7 Å². The maximum Gasteiger partial charge on any atom is 0.0464 e. The summed E-state index contributed by atoms with van der Waals surface area (Å²) < 4.78 is 0. The quantitative estimate of drug-likeness (QED) is 0.351. The number of rotatable bonds is 14. The molecular formula is C16H35OPS. The fourth-order valence-corrected chi connectivity index (χ4v) is 5.89. The number of unbranched alkanes of at least 4 members (excludes halogenated alkanes) is 3. The Labute approximate surface area is 127 Å². The van der Waals surface area contributed by atoms with Crippen molar-refractivity contribution in [1.29, 1.82) is 0 Å². The van der Waals surface area contributed by atoms with Gasteiger partial charge in [-0.2, -0.15) is 11.8 Å². The average molecular weight is 306 g/mol. The van der Waals surface area contributed by atoms with E-state index in [4.69, 9.17) is 5.11 Å². The van der Waals surface area contributed by atoms with Crippen LogP contribution >= 0.6 is 19.7 Å². The second-order valence-electron chi connectivity index (χ2n) is 5.62. The van der Waals surface area contributed by atoms with Gasteiger partial charge >= 0.3 is 0 Å². The van der Waals surface area contributed by atoms with Crippen LogP contribution in [0.2, 0.25) is 0 Å². The molecule has 1 unspecified atom stereocenters. The fourth-order valence-electron chi connectivity index (χ4n) is 2.20. The van der Waals surface area contributed by atoms with Crippen molar-refractivity contribution in [3.8, 4) is 0 Å². The highest BCUT2D eigenvalue weighted by molar-refractivity contribution is 7.99. The molecule has 0 aliphatic heterocycles. The van der Waals surface area contributed by atoms with Gasteiger partial charge in [0.15, 0.2) is 0 Å². The molecule has 0 aromatic heterocycles. The molecule has 1 N–H and O–H groups in total. The molecule has 1 atom stereocenters. The van der Waals surface area contributed by atoms with E-state index in [2.05, 4.69) is 20.8 Å². The summed E-state index contributed by atoms with van der Waals surface area (Å²) in [5, 5.41) is 8.94. The van der Waals surface area contributed by atoms with Gasteiger partial charge in [0, 0.05) is 6.61 Å². The summed E-state index contributed by atoms with van der Waals surface area (Å²) in [6.45, 7) is 7.12. The highest BCUT2D eigenvalue weighted by Gasteiger charge is 2.05. The highest BCUT2D eigenvalue weighted by Crippen LogP contribution is 2.37. The molecule has 0 fully saturated rings. The second kappa shape index (κ2) is 15.1. The molecule has 0 aromatic carbocycles. The van der Waals surface area contributed by atoms with Gasteiger partial charge in [0.05, 0.1) is 0 Å². The van der Waals surface area contributed by atoms with E-state index in [9.17, 15) is 0 Å². The second-order valence-corrected chi connectivity index (χ2v) is 9.45. The molecule has 0 heterocycles. The third kappa shape index (κ3) is 13.5. The summed E-state index contributed by atoms with van der Waals surface area (Å²) in [7, 11) is 0.368. The van der Waals surface area contributed by atoms with E-state index in [1.54, 1.807) is 0 Å². The minimum atomic E-state index is 0.339. The van der Waals surface area contributed by atoms with Crippen molar-refractivity contribution >= 4 is 19.7 Å². The fraction of sp³-hybridized carbons (Fsp3) is 1.00. The standard InChI is InChI=1S/C16H35OPS/c1-4-10-18(11-5-2)12-8-6-7-9-13-19-15-16(3)14-17/h16-17H,4-15H2,1-3H3. The van der Waals surface area contributed by atoms with Gasteiger partial charge in [-0.3, -0.25) is 0 Å². The monoisotopic (exact) mass is 306 g/mol. The van der Waals surface area contributed by atoms with Crippen molar-refractivity contribution in [2.24, 2.45) is 5.92 Å². The van der Waals surface area contributed by atoms with Crippen LogP contribution in [0.25, 0.3) is 0 Å². The van der Waals surface area contributed by atoms with Gasteiger partial charge in [0.2, 0.25) is 0 Å². The predicted molar refractivity (Wildman–Crippen MR) is 94.1 cm³/mol. The van der Waals surface area contributed by atoms with Crippen LogP contribution in [0.3, 0.4) is 0 Å². The number of hydrogen-bond donors (Lipinski definition) is 1. The summed E-state index contributed by atoms with van der Waals surface area (Å²) in [4.78, 5) is 0. The van der Waals surface area contributed by atoms with Crippen LogP contribution in [-0.2, 0) is 0 Å². The largest absolute Gasteiger partial charge is 0.396 e. The molecule has 0 radical (unpaired) electrons. The van der Waals surface area contributed by atoms with Crippen molar-refractivity contribution in [3.05, 3.63) is 0 Å². The van der Waals surface area contributed by atoms with E-state index in [1.807, 2.05) is 11.8 Å². The number of thioether (sulfide) groups is 1. The summed E-state index contributed by atoms with van der Waals surface area (Å²) in [5.41, 5.74) is 0. The van der Waals surface area contributed by atoms with Crippen LogP contribution < -0.4 is 0 Å². The van der Waals surface area contributed by atoms with Crippen molar-refractivity contribution < 1.29 is 5.11 Å². The third-order valence-electron chi connectivity index (χ3n) is 3.31. The van der Waals surface area contributed by atoms with Crippen LogP contribution in [0.15, 0.2) is 0 Å². The van der Waals surface area contributed by atoms with E-state index in [0.29, 0.717) is 20.4 Å². The Kier molecular flexibility index (Phi) is 15.7. The zero-order valence-electron chi connectivity index (χ0n) is 13.4. The molecule has 0 aliphatic rings. The SMILES string of the molecule is CCCP(CCC)CCCCCCSCC(C)CO. The lowest BCUT2D eigenvalue weighted by Crippen LogP contribution is -2.03. The van der Waals surface area contributed by atoms with Gasteiger partial charge in [-0.15, -0.1) is 7.92 Å². The van der Waals surface area contributed by atoms with Gasteiger partial charge in [-0.05, 0) is 48.8 Å². The van der Waals surface area contributed by atoms with Crippen molar-refractivity contribution in [2.45, 2.75) is 59.3 Å². The first-order chi connectivity index (χ1) is 9.24. The Morgan fingerprint density at radius 3 is 2.16 bits per heavy atom. The molecule has 0 aromatic rings. The third-order valence-corrected chi connectivity index (χ3v) is 7.80. The molecule has 3 heteroatoms. The summed E-state index contributed by atoms with van der Waals surface area (Å²) in [6, 6.07) is 0. The van der Waals surface area contributed by atoms with E-state index < -0.39 is 0 Å². The average Bonchev–Trinajstić information content (AvgIpc) is 2.41. The normalized spacial score (nSPS) is 13.1. The number of hydrogen-bond acceptors (Lipinski definition) is 2. The Balaban J connectivity index is 3.29. The van der Waals surface area contributed by atoms with Gasteiger partial charge in [0.25, 0.3) is 0 Å². The van der Waals surface area contributed by atoms with Crippen molar-refractivity contribution in [1.82, 2.24) is 0 Å². The lowest BCUT2D eigenvalue weighted by molar-refractivity contribution is 0.250. The van der Waals surface area contributed by atoms with E-state index in [0.717, 1.165) is 5.75 Å². The lowest BCUT2D eigenvalue weighted by atomic mass is 10.2. The molecule has 0 bridgehead atoms. The summed E-state index contributed by atoms with van der Waals surface area (Å²) in [5.74, 6) is 2.87. The van der Waals surface area contributed by atoms with Crippen LogP contribution in [0.4, 0.5) is 0 Å². The Bertz CT molecular complexity index is 172. The minimum absolute atomic E-state index is 0.339. The van der Waals surface area contributed by atoms with Crippen LogP contribution in [0.1, 0.15) is 59.3 Å². The predicted octanol–water partition coefficient (Wildman–Crippen LogP) is 5.21. The molecule has 19 heavy (non-hydrogen) atoms. The summed E-state index contributed by atoms with van der Waals surface area (Å²) >= 11 is 2.01. The van der Waals surface area contributed by atoms with E-state index in [-0.39, 0.29) is 0 Å². The first-order valence-corrected chi connectivity index (χ1v) is 11.2. The van der Waals surface area contributed by atoms with Gasteiger partial charge < -0.3 is 5.11 Å². The molecule has 1 nitrogen and oxygen atoms in total. The minimum Gasteiger partial charge on any atom is -0.396 e. The maximum absolute atomic E-state index is 8.94. The Morgan fingerprint density at radius 1 is 0.947 bits per heavy atom. The molecule has 0 saturated heterocycles. The number of aliphatic hydroxyl groups excluding tert-OH is 1. The topological polar surface area (TPSA) is 20.2 Å². The molecule has 116 valence electrons. The molecule has 0 saturated carbocycles. The Morgan fingerprint density at radius 2 is 1.58 bits per heavy atom. The van der Waals surface area contributed by atoms with Gasteiger partial charge in [-0.25, -0.2) is 0 Å². The lowest BCUT2D eigenvalue weighted by Gasteiger charge is -2.15. The molecule has 0 amide bonds. The zero-order valence-corrected chi connectivity index (χ0v) is 15.1. The molecule has 0 aliphatic carbocycles. The maximum atomic E-state index is 8.94. The molecular weight excluding hydrogens is 271 g/mol.